The van der Waals surface area contributed by atoms with Crippen LogP contribution in [0.2, 0.25) is 0 Å². The number of aryl methyl sites for hydroxylation is 1. The molecule has 20 heavy (non-hydrogen) atoms. The summed E-state index contributed by atoms with van der Waals surface area (Å²) in [7, 11) is 1.96. The van der Waals surface area contributed by atoms with Gasteiger partial charge in [0.15, 0.2) is 0 Å². The van der Waals surface area contributed by atoms with Crippen molar-refractivity contribution in [2.24, 2.45) is 0 Å². The van der Waals surface area contributed by atoms with E-state index in [-0.39, 0.29) is 0 Å². The number of furan rings is 2. The second-order valence-electron chi connectivity index (χ2n) is 5.54. The fourth-order valence-electron chi connectivity index (χ4n) is 2.59. The van der Waals surface area contributed by atoms with Crippen LogP contribution >= 0.6 is 0 Å². The normalized spacial score (nSPS) is 15.2. The molecule has 0 spiro atoms. The van der Waals surface area contributed by atoms with Crippen LogP contribution in [-0.2, 0) is 19.6 Å². The summed E-state index contributed by atoms with van der Waals surface area (Å²) in [6.45, 7) is 4.61. The molecule has 0 atom stereocenters. The maximum absolute atomic E-state index is 5.88. The molecule has 1 aliphatic carbocycles. The summed E-state index contributed by atoms with van der Waals surface area (Å²) in [5, 5.41) is 3.17. The maximum atomic E-state index is 5.88. The SMILES string of the molecule is CNCc1cc(CN(Cc2ccco2)C2CC2)oc1C. The van der Waals surface area contributed by atoms with E-state index in [0.29, 0.717) is 6.04 Å². The van der Waals surface area contributed by atoms with E-state index < -0.39 is 0 Å². The number of nitrogens with zero attached hydrogens (tertiary/aromatic N) is 1. The van der Waals surface area contributed by atoms with Crippen LogP contribution in [0.4, 0.5) is 0 Å². The smallest absolute Gasteiger partial charge is 0.118 e. The quantitative estimate of drug-likeness (QED) is 0.842. The molecule has 1 N–H and O–H groups in total. The largest absolute Gasteiger partial charge is 0.468 e. The van der Waals surface area contributed by atoms with Gasteiger partial charge in [-0.25, -0.2) is 0 Å². The maximum Gasteiger partial charge on any atom is 0.118 e. The topological polar surface area (TPSA) is 41.5 Å². The molecule has 108 valence electrons. The van der Waals surface area contributed by atoms with Crippen molar-refractivity contribution >= 4 is 0 Å². The number of nitrogens with one attached hydrogen (secondary N) is 1. The van der Waals surface area contributed by atoms with Crippen molar-refractivity contribution in [3.05, 3.63) is 47.3 Å². The van der Waals surface area contributed by atoms with Gasteiger partial charge >= 0.3 is 0 Å². The minimum atomic E-state index is 0.679. The average molecular weight is 274 g/mol. The van der Waals surface area contributed by atoms with E-state index >= 15 is 0 Å². The molecule has 0 unspecified atom stereocenters. The van der Waals surface area contributed by atoms with Crippen molar-refractivity contribution in [1.29, 1.82) is 0 Å². The molecule has 3 rings (SSSR count). The van der Waals surface area contributed by atoms with Crippen LogP contribution in [0.3, 0.4) is 0 Å². The van der Waals surface area contributed by atoms with Crippen LogP contribution in [-0.4, -0.2) is 18.0 Å². The Kier molecular flexibility index (Phi) is 3.94. The number of hydrogen-bond acceptors (Lipinski definition) is 4. The van der Waals surface area contributed by atoms with Crippen LogP contribution in [0.25, 0.3) is 0 Å². The molecule has 2 aromatic heterocycles. The van der Waals surface area contributed by atoms with Crippen LogP contribution in [0, 0.1) is 6.92 Å². The minimum Gasteiger partial charge on any atom is -0.468 e. The molecule has 0 bridgehead atoms. The van der Waals surface area contributed by atoms with Gasteiger partial charge in [0.1, 0.15) is 17.3 Å². The molecule has 1 aliphatic rings. The van der Waals surface area contributed by atoms with Gasteiger partial charge in [0, 0.05) is 18.2 Å². The minimum absolute atomic E-state index is 0.679. The Labute approximate surface area is 119 Å². The number of rotatable bonds is 7. The van der Waals surface area contributed by atoms with Gasteiger partial charge in [-0.15, -0.1) is 0 Å². The van der Waals surface area contributed by atoms with Crippen molar-refractivity contribution in [3.8, 4) is 0 Å². The lowest BCUT2D eigenvalue weighted by atomic mass is 10.2. The summed E-state index contributed by atoms with van der Waals surface area (Å²) in [4.78, 5) is 2.44. The van der Waals surface area contributed by atoms with Gasteiger partial charge in [-0.3, -0.25) is 4.90 Å². The first-order chi connectivity index (χ1) is 9.76. The van der Waals surface area contributed by atoms with Crippen molar-refractivity contribution in [3.63, 3.8) is 0 Å². The summed E-state index contributed by atoms with van der Waals surface area (Å²) in [6, 6.07) is 6.83. The van der Waals surface area contributed by atoms with E-state index in [1.807, 2.05) is 26.1 Å². The first-order valence-corrected chi connectivity index (χ1v) is 7.25. The molecule has 2 aromatic rings. The molecule has 4 nitrogen and oxygen atoms in total. The van der Waals surface area contributed by atoms with Gasteiger partial charge in [-0.2, -0.15) is 0 Å². The van der Waals surface area contributed by atoms with Crippen molar-refractivity contribution in [1.82, 2.24) is 10.2 Å². The zero-order chi connectivity index (χ0) is 13.9. The molecule has 2 heterocycles. The molecule has 0 aromatic carbocycles. The highest BCUT2D eigenvalue weighted by Gasteiger charge is 2.30. The predicted octanol–water partition coefficient (Wildman–Crippen LogP) is 3.07. The van der Waals surface area contributed by atoms with Crippen LogP contribution in [0.5, 0.6) is 0 Å². The highest BCUT2D eigenvalue weighted by molar-refractivity contribution is 5.21. The van der Waals surface area contributed by atoms with E-state index in [0.717, 1.165) is 36.9 Å². The fourth-order valence-corrected chi connectivity index (χ4v) is 2.59. The van der Waals surface area contributed by atoms with Crippen LogP contribution < -0.4 is 5.32 Å². The molecule has 1 saturated carbocycles. The van der Waals surface area contributed by atoms with Gasteiger partial charge in [0.2, 0.25) is 0 Å². The molecule has 0 aliphatic heterocycles. The summed E-state index contributed by atoms with van der Waals surface area (Å²) >= 11 is 0. The van der Waals surface area contributed by atoms with Gasteiger partial charge in [-0.1, -0.05) is 0 Å². The van der Waals surface area contributed by atoms with Crippen LogP contribution in [0.15, 0.2) is 33.3 Å². The zero-order valence-corrected chi connectivity index (χ0v) is 12.2. The summed E-state index contributed by atoms with van der Waals surface area (Å²) < 4.78 is 11.3. The molecular weight excluding hydrogens is 252 g/mol. The Morgan fingerprint density at radius 2 is 2.10 bits per heavy atom. The second kappa shape index (κ2) is 5.85. The van der Waals surface area contributed by atoms with Gasteiger partial charge in [0.05, 0.1) is 19.4 Å². The zero-order valence-electron chi connectivity index (χ0n) is 12.2. The summed E-state index contributed by atoms with van der Waals surface area (Å²) in [6.07, 6.45) is 4.30. The molecule has 0 amide bonds. The lowest BCUT2D eigenvalue weighted by molar-refractivity contribution is 0.207. The summed E-state index contributed by atoms with van der Waals surface area (Å²) in [5.74, 6) is 3.09. The fraction of sp³-hybridized carbons (Fsp3) is 0.500. The third kappa shape index (κ3) is 3.14. The summed E-state index contributed by atoms with van der Waals surface area (Å²) in [5.41, 5.74) is 1.25. The van der Waals surface area contributed by atoms with E-state index in [9.17, 15) is 0 Å². The predicted molar refractivity (Wildman–Crippen MR) is 77.2 cm³/mol. The third-order valence-corrected chi connectivity index (χ3v) is 3.80. The molecule has 0 radical (unpaired) electrons. The van der Waals surface area contributed by atoms with Gasteiger partial charge in [0.25, 0.3) is 0 Å². The van der Waals surface area contributed by atoms with Crippen molar-refractivity contribution in [2.45, 2.75) is 45.4 Å². The number of hydrogen-bond donors (Lipinski definition) is 1. The third-order valence-electron chi connectivity index (χ3n) is 3.80. The highest BCUT2D eigenvalue weighted by Crippen LogP contribution is 2.30. The van der Waals surface area contributed by atoms with E-state index in [1.165, 1.54) is 18.4 Å². The van der Waals surface area contributed by atoms with Crippen molar-refractivity contribution in [2.75, 3.05) is 7.05 Å². The highest BCUT2D eigenvalue weighted by atomic mass is 16.3. The lowest BCUT2D eigenvalue weighted by Gasteiger charge is -2.19. The Morgan fingerprint density at radius 3 is 2.75 bits per heavy atom. The van der Waals surface area contributed by atoms with Crippen LogP contribution in [0.1, 0.15) is 35.7 Å². The average Bonchev–Trinajstić information content (AvgIpc) is 3.05. The lowest BCUT2D eigenvalue weighted by Crippen LogP contribution is -2.24. The molecular formula is C16H22N2O2. The van der Waals surface area contributed by atoms with E-state index in [4.69, 9.17) is 8.83 Å². The standard InChI is InChI=1S/C16H22N2O2/c1-12-13(9-17-2)8-16(20-12)11-18(14-5-6-14)10-15-4-3-7-19-15/h3-4,7-8,14,17H,5-6,9-11H2,1-2H3. The Morgan fingerprint density at radius 1 is 1.30 bits per heavy atom. The first-order valence-electron chi connectivity index (χ1n) is 7.25. The van der Waals surface area contributed by atoms with Crippen molar-refractivity contribution < 1.29 is 8.83 Å². The first kappa shape index (κ1) is 13.5. The Hall–Kier alpha value is -1.52. The monoisotopic (exact) mass is 274 g/mol. The second-order valence-corrected chi connectivity index (χ2v) is 5.54. The molecule has 0 saturated heterocycles. The van der Waals surface area contributed by atoms with Gasteiger partial charge < -0.3 is 14.2 Å². The van der Waals surface area contributed by atoms with Gasteiger partial charge in [-0.05, 0) is 45.0 Å². The van der Waals surface area contributed by atoms with E-state index in [2.05, 4.69) is 16.3 Å². The molecule has 1 fully saturated rings. The van der Waals surface area contributed by atoms with E-state index in [1.54, 1.807) is 6.26 Å². The molecule has 4 heteroatoms. The Bertz CT molecular complexity index is 541. The Balaban J connectivity index is 1.68.